The lowest BCUT2D eigenvalue weighted by Crippen LogP contribution is -2.48. The summed E-state index contributed by atoms with van der Waals surface area (Å²) in [4.78, 5) is 40.9. The molecule has 2 unspecified atom stereocenters. The molecule has 3 aromatic rings. The average molecular weight is 590 g/mol. The Morgan fingerprint density at radius 1 is 0.953 bits per heavy atom. The predicted molar refractivity (Wildman–Crippen MR) is 164 cm³/mol. The molecule has 0 radical (unpaired) electrons. The molecule has 4 rings (SSSR count). The van der Waals surface area contributed by atoms with Gasteiger partial charge in [-0.05, 0) is 43.4 Å². The molecule has 2 amide bonds. The Balaban J connectivity index is 1.47. The highest BCUT2D eigenvalue weighted by Crippen LogP contribution is 2.31. The number of aliphatic hydroxyl groups is 1. The number of unbranched alkanes of at least 4 members (excludes halogenated alkanes) is 7. The Morgan fingerprint density at radius 2 is 1.65 bits per heavy atom. The van der Waals surface area contributed by atoms with Gasteiger partial charge in [0.15, 0.2) is 5.76 Å². The van der Waals surface area contributed by atoms with Gasteiger partial charge in [0, 0.05) is 25.7 Å². The van der Waals surface area contributed by atoms with Gasteiger partial charge in [0.1, 0.15) is 12.4 Å². The minimum absolute atomic E-state index is 0.0303. The van der Waals surface area contributed by atoms with Crippen LogP contribution in [0.5, 0.6) is 0 Å². The first-order chi connectivity index (χ1) is 20.9. The third-order valence-electron chi connectivity index (χ3n) is 7.90. The standard InChI is InChI=1S/C35H43NO7/c1-25-15-14-18-27(21-25)29-23-31(43-30(29)19-12-7-5-3-4-6-8-13-20-37)32(38)33(41-2)34(39)36-28(24-42-35(36)40)22-26-16-10-9-11-17-26/h9-11,14-18,21,23,28,33,37H,3-8,12-13,19-20,22,24H2,1-2H3. The van der Waals surface area contributed by atoms with E-state index in [9.17, 15) is 14.4 Å². The van der Waals surface area contributed by atoms with Gasteiger partial charge in [0.25, 0.3) is 5.91 Å². The first kappa shape index (κ1) is 32.2. The van der Waals surface area contributed by atoms with Crippen molar-refractivity contribution in [1.82, 2.24) is 4.90 Å². The summed E-state index contributed by atoms with van der Waals surface area (Å²) in [6, 6.07) is 18.7. The molecule has 1 N–H and O–H groups in total. The minimum atomic E-state index is -1.54. The zero-order chi connectivity index (χ0) is 30.6. The maximum absolute atomic E-state index is 13.7. The molecule has 1 aromatic heterocycles. The van der Waals surface area contributed by atoms with Gasteiger partial charge >= 0.3 is 6.09 Å². The van der Waals surface area contributed by atoms with Crippen LogP contribution in [-0.2, 0) is 27.1 Å². The van der Waals surface area contributed by atoms with Crippen LogP contribution in [0, 0.1) is 6.92 Å². The van der Waals surface area contributed by atoms with Crippen LogP contribution >= 0.6 is 0 Å². The number of amides is 2. The number of nitrogens with zero attached hydrogens (tertiary/aromatic N) is 1. The van der Waals surface area contributed by atoms with Crippen LogP contribution in [0.25, 0.3) is 11.1 Å². The number of rotatable bonds is 17. The number of aryl methyl sites for hydroxylation is 2. The van der Waals surface area contributed by atoms with Gasteiger partial charge in [-0.25, -0.2) is 9.69 Å². The molecule has 1 aliphatic rings. The van der Waals surface area contributed by atoms with Crippen molar-refractivity contribution in [2.75, 3.05) is 20.3 Å². The summed E-state index contributed by atoms with van der Waals surface area (Å²) in [5.74, 6) is -0.664. The summed E-state index contributed by atoms with van der Waals surface area (Å²) in [7, 11) is 1.28. The summed E-state index contributed by atoms with van der Waals surface area (Å²) in [6.45, 7) is 2.32. The van der Waals surface area contributed by atoms with E-state index in [1.54, 1.807) is 6.07 Å². The van der Waals surface area contributed by atoms with E-state index in [0.29, 0.717) is 18.6 Å². The first-order valence-corrected chi connectivity index (χ1v) is 15.3. The Hall–Kier alpha value is -3.75. The highest BCUT2D eigenvalue weighted by molar-refractivity contribution is 6.14. The largest absolute Gasteiger partial charge is 0.457 e. The number of ether oxygens (including phenoxy) is 2. The Labute approximate surface area is 254 Å². The number of hydrogen-bond donors (Lipinski definition) is 1. The molecule has 2 heterocycles. The van der Waals surface area contributed by atoms with Crippen molar-refractivity contribution in [3.05, 3.63) is 83.3 Å². The fourth-order valence-corrected chi connectivity index (χ4v) is 5.59. The van der Waals surface area contributed by atoms with Crippen molar-refractivity contribution in [3.63, 3.8) is 0 Å². The molecule has 1 saturated heterocycles. The lowest BCUT2D eigenvalue weighted by molar-refractivity contribution is -0.137. The molecule has 1 aliphatic heterocycles. The van der Waals surface area contributed by atoms with Gasteiger partial charge in [0.2, 0.25) is 11.9 Å². The number of ketones is 1. The van der Waals surface area contributed by atoms with Gasteiger partial charge in [-0.15, -0.1) is 0 Å². The van der Waals surface area contributed by atoms with Gasteiger partial charge in [-0.1, -0.05) is 98.7 Å². The number of hydrogen-bond acceptors (Lipinski definition) is 7. The summed E-state index contributed by atoms with van der Waals surface area (Å²) in [6.07, 6.45) is 7.19. The summed E-state index contributed by atoms with van der Waals surface area (Å²) in [5, 5.41) is 8.92. The second-order valence-corrected chi connectivity index (χ2v) is 11.2. The highest BCUT2D eigenvalue weighted by atomic mass is 16.6. The normalized spacial score (nSPS) is 15.5. The monoisotopic (exact) mass is 589 g/mol. The smallest absolute Gasteiger partial charge is 0.417 e. The number of Topliss-reactive ketones (excluding diaryl/α,β-unsaturated/α-hetero) is 1. The van der Waals surface area contributed by atoms with Crippen molar-refractivity contribution in [1.29, 1.82) is 0 Å². The van der Waals surface area contributed by atoms with E-state index in [2.05, 4.69) is 0 Å². The maximum Gasteiger partial charge on any atom is 0.417 e. The Morgan fingerprint density at radius 3 is 2.33 bits per heavy atom. The second-order valence-electron chi connectivity index (χ2n) is 11.2. The number of methoxy groups -OCH3 is 1. The molecular formula is C35H43NO7. The fraction of sp³-hybridized carbons (Fsp3) is 0.457. The SMILES string of the molecule is COC(C(=O)c1cc(-c2cccc(C)c2)c(CCCCCCCCCCO)o1)C(=O)N1C(=O)OCC1Cc1ccccc1. The van der Waals surface area contributed by atoms with Crippen LogP contribution in [0.15, 0.2) is 65.1 Å². The van der Waals surface area contributed by atoms with E-state index in [0.717, 1.165) is 78.5 Å². The molecule has 8 heteroatoms. The van der Waals surface area contributed by atoms with Crippen molar-refractivity contribution in [2.24, 2.45) is 0 Å². The van der Waals surface area contributed by atoms with E-state index in [-0.39, 0.29) is 19.0 Å². The van der Waals surface area contributed by atoms with Crippen LogP contribution < -0.4 is 0 Å². The van der Waals surface area contributed by atoms with E-state index >= 15 is 0 Å². The third-order valence-corrected chi connectivity index (χ3v) is 7.90. The van der Waals surface area contributed by atoms with E-state index in [1.807, 2.05) is 61.5 Å². The summed E-state index contributed by atoms with van der Waals surface area (Å²) >= 11 is 0. The van der Waals surface area contributed by atoms with Crippen LogP contribution in [-0.4, -0.2) is 60.3 Å². The lowest BCUT2D eigenvalue weighted by atomic mass is 10.00. The Bertz CT molecular complexity index is 1350. The zero-order valence-electron chi connectivity index (χ0n) is 25.3. The van der Waals surface area contributed by atoms with Crippen LogP contribution in [0.3, 0.4) is 0 Å². The van der Waals surface area contributed by atoms with E-state index in [4.69, 9.17) is 19.0 Å². The molecule has 0 bridgehead atoms. The maximum atomic E-state index is 13.7. The van der Waals surface area contributed by atoms with Crippen molar-refractivity contribution in [3.8, 4) is 11.1 Å². The van der Waals surface area contributed by atoms with Crippen LogP contribution in [0.4, 0.5) is 4.79 Å². The van der Waals surface area contributed by atoms with Gasteiger partial charge < -0.3 is 19.0 Å². The molecule has 0 spiro atoms. The lowest BCUT2D eigenvalue weighted by Gasteiger charge is -2.23. The third kappa shape index (κ3) is 8.65. The number of cyclic esters (lactones) is 1. The summed E-state index contributed by atoms with van der Waals surface area (Å²) in [5.41, 5.74) is 3.79. The van der Waals surface area contributed by atoms with Gasteiger partial charge in [0.05, 0.1) is 6.04 Å². The molecule has 2 atom stereocenters. The van der Waals surface area contributed by atoms with Crippen molar-refractivity contribution < 1.29 is 33.4 Å². The first-order valence-electron chi connectivity index (χ1n) is 15.3. The van der Waals surface area contributed by atoms with E-state index < -0.39 is 29.9 Å². The molecule has 8 nitrogen and oxygen atoms in total. The number of carbonyl (C=O) groups excluding carboxylic acids is 3. The molecule has 0 aliphatic carbocycles. The number of carbonyl (C=O) groups is 3. The van der Waals surface area contributed by atoms with Crippen molar-refractivity contribution >= 4 is 17.8 Å². The van der Waals surface area contributed by atoms with Gasteiger partial charge in [-0.2, -0.15) is 0 Å². The number of furan rings is 1. The number of benzene rings is 2. The molecule has 2 aromatic carbocycles. The minimum Gasteiger partial charge on any atom is -0.457 e. The average Bonchev–Trinajstić information content (AvgIpc) is 3.60. The predicted octanol–water partition coefficient (Wildman–Crippen LogP) is 6.70. The van der Waals surface area contributed by atoms with Gasteiger partial charge in [-0.3, -0.25) is 9.59 Å². The number of aliphatic hydroxyl groups excluding tert-OH is 1. The fourth-order valence-electron chi connectivity index (χ4n) is 5.59. The molecule has 1 fully saturated rings. The number of imide groups is 1. The highest BCUT2D eigenvalue weighted by Gasteiger charge is 2.44. The van der Waals surface area contributed by atoms with E-state index in [1.165, 1.54) is 7.11 Å². The van der Waals surface area contributed by atoms with Crippen LogP contribution in [0.2, 0.25) is 0 Å². The second kappa shape index (κ2) is 16.2. The molecule has 230 valence electrons. The molecule has 43 heavy (non-hydrogen) atoms. The molecule has 0 saturated carbocycles. The quantitative estimate of drug-likeness (QED) is 0.106. The van der Waals surface area contributed by atoms with Crippen LogP contribution in [0.1, 0.15) is 78.8 Å². The van der Waals surface area contributed by atoms with Crippen molar-refractivity contribution in [2.45, 2.75) is 83.3 Å². The summed E-state index contributed by atoms with van der Waals surface area (Å²) < 4.78 is 16.8. The topological polar surface area (TPSA) is 106 Å². The Kier molecular flexibility index (Phi) is 12.1. The molecular weight excluding hydrogens is 546 g/mol. The zero-order valence-corrected chi connectivity index (χ0v) is 25.3.